The molecular weight excluding hydrogens is 332 g/mol. The van der Waals surface area contributed by atoms with Gasteiger partial charge in [0.1, 0.15) is 11.7 Å². The first kappa shape index (κ1) is 16.4. The highest BCUT2D eigenvalue weighted by atomic mass is 16.5. The second-order valence-corrected chi connectivity index (χ2v) is 6.35. The predicted octanol–water partition coefficient (Wildman–Crippen LogP) is 2.27. The first-order chi connectivity index (χ1) is 12.6. The molecule has 4 rings (SSSR count). The fourth-order valence-electron chi connectivity index (χ4n) is 3.23. The molecule has 3 heterocycles. The van der Waals surface area contributed by atoms with Gasteiger partial charge in [0.05, 0.1) is 19.2 Å². The number of methoxy groups -OCH3 is 1. The SMILES string of the molecule is COc1nn(C)cc1C(=O)N1CC[C@H](Oc2ccc3ccccc3n2)C1. The number of carbonyl (C=O) groups is 1. The van der Waals surface area contributed by atoms with E-state index < -0.39 is 0 Å². The first-order valence-corrected chi connectivity index (χ1v) is 8.53. The maximum Gasteiger partial charge on any atom is 0.261 e. The minimum absolute atomic E-state index is 0.0738. The van der Waals surface area contributed by atoms with Gasteiger partial charge in [0.2, 0.25) is 11.8 Å². The number of likely N-dealkylation sites (tertiary alicyclic amines) is 1. The molecule has 7 heteroatoms. The van der Waals surface area contributed by atoms with Gasteiger partial charge in [-0.15, -0.1) is 5.10 Å². The van der Waals surface area contributed by atoms with Crippen LogP contribution in [0.5, 0.6) is 11.8 Å². The maximum atomic E-state index is 12.7. The number of benzene rings is 1. The molecule has 1 aliphatic rings. The zero-order chi connectivity index (χ0) is 18.1. The number of para-hydroxylation sites is 1. The van der Waals surface area contributed by atoms with Crippen LogP contribution in [0.1, 0.15) is 16.8 Å². The van der Waals surface area contributed by atoms with Gasteiger partial charge in [-0.1, -0.05) is 18.2 Å². The molecule has 134 valence electrons. The van der Waals surface area contributed by atoms with Gasteiger partial charge in [0, 0.05) is 37.7 Å². The summed E-state index contributed by atoms with van der Waals surface area (Å²) < 4.78 is 12.8. The third kappa shape index (κ3) is 3.08. The van der Waals surface area contributed by atoms with Crippen molar-refractivity contribution in [1.29, 1.82) is 0 Å². The minimum Gasteiger partial charge on any atom is -0.479 e. The van der Waals surface area contributed by atoms with Crippen molar-refractivity contribution in [2.75, 3.05) is 20.2 Å². The van der Waals surface area contributed by atoms with Crippen molar-refractivity contribution in [1.82, 2.24) is 19.7 Å². The molecule has 1 saturated heterocycles. The topological polar surface area (TPSA) is 69.5 Å². The highest BCUT2D eigenvalue weighted by Crippen LogP contribution is 2.23. The van der Waals surface area contributed by atoms with E-state index in [1.54, 1.807) is 22.8 Å². The molecule has 1 fully saturated rings. The summed E-state index contributed by atoms with van der Waals surface area (Å²) in [5.74, 6) is 0.840. The molecule has 3 aromatic rings. The van der Waals surface area contributed by atoms with Crippen LogP contribution in [0.15, 0.2) is 42.6 Å². The van der Waals surface area contributed by atoms with Crippen LogP contribution in [0, 0.1) is 0 Å². The number of aryl methyl sites for hydroxylation is 1. The molecule has 0 spiro atoms. The van der Waals surface area contributed by atoms with Gasteiger partial charge in [-0.05, 0) is 12.1 Å². The van der Waals surface area contributed by atoms with Crippen LogP contribution in [-0.4, -0.2) is 51.9 Å². The second-order valence-electron chi connectivity index (χ2n) is 6.35. The van der Waals surface area contributed by atoms with E-state index in [2.05, 4.69) is 10.1 Å². The number of amides is 1. The number of pyridine rings is 1. The van der Waals surface area contributed by atoms with Crippen LogP contribution in [0.25, 0.3) is 10.9 Å². The minimum atomic E-state index is -0.0903. The number of fused-ring (bicyclic) bond motifs is 1. The van der Waals surface area contributed by atoms with Gasteiger partial charge >= 0.3 is 0 Å². The summed E-state index contributed by atoms with van der Waals surface area (Å²) in [6.07, 6.45) is 2.37. The monoisotopic (exact) mass is 352 g/mol. The zero-order valence-electron chi connectivity index (χ0n) is 14.8. The lowest BCUT2D eigenvalue weighted by Gasteiger charge is -2.16. The van der Waals surface area contributed by atoms with Crippen molar-refractivity contribution in [3.8, 4) is 11.8 Å². The molecular formula is C19H20N4O3. The Morgan fingerprint density at radius 3 is 2.92 bits per heavy atom. The van der Waals surface area contributed by atoms with Crippen molar-refractivity contribution in [3.05, 3.63) is 48.2 Å². The van der Waals surface area contributed by atoms with Crippen molar-refractivity contribution in [2.45, 2.75) is 12.5 Å². The van der Waals surface area contributed by atoms with E-state index in [4.69, 9.17) is 9.47 Å². The highest BCUT2D eigenvalue weighted by molar-refractivity contribution is 5.96. The van der Waals surface area contributed by atoms with Crippen molar-refractivity contribution in [2.24, 2.45) is 7.05 Å². The molecule has 0 unspecified atom stereocenters. The number of nitrogens with zero attached hydrogens (tertiary/aromatic N) is 4. The summed E-state index contributed by atoms with van der Waals surface area (Å²) in [7, 11) is 3.28. The van der Waals surface area contributed by atoms with Crippen LogP contribution in [-0.2, 0) is 7.05 Å². The normalized spacial score (nSPS) is 16.8. The van der Waals surface area contributed by atoms with E-state index >= 15 is 0 Å². The van der Waals surface area contributed by atoms with E-state index in [0.29, 0.717) is 30.4 Å². The highest BCUT2D eigenvalue weighted by Gasteiger charge is 2.31. The molecule has 0 bridgehead atoms. The van der Waals surface area contributed by atoms with E-state index in [1.165, 1.54) is 7.11 Å². The first-order valence-electron chi connectivity index (χ1n) is 8.53. The number of hydrogen-bond donors (Lipinski definition) is 0. The predicted molar refractivity (Wildman–Crippen MR) is 96.4 cm³/mol. The van der Waals surface area contributed by atoms with Gasteiger partial charge in [-0.3, -0.25) is 9.48 Å². The standard InChI is InChI=1S/C19H20N4O3/c1-22-12-15(18(21-22)25-2)19(24)23-10-9-14(11-23)26-17-8-7-13-5-3-4-6-16(13)20-17/h3-8,12,14H,9-11H2,1-2H3/t14-/m0/s1. The number of carbonyl (C=O) groups excluding carboxylic acids is 1. The van der Waals surface area contributed by atoms with Crippen molar-refractivity contribution in [3.63, 3.8) is 0 Å². The smallest absolute Gasteiger partial charge is 0.261 e. The van der Waals surface area contributed by atoms with Crippen LogP contribution >= 0.6 is 0 Å². The Labute approximate surface area is 151 Å². The Morgan fingerprint density at radius 2 is 2.08 bits per heavy atom. The number of ether oxygens (including phenoxy) is 2. The summed E-state index contributed by atoms with van der Waals surface area (Å²) in [6.45, 7) is 1.15. The molecule has 1 aromatic carbocycles. The number of hydrogen-bond acceptors (Lipinski definition) is 5. The quantitative estimate of drug-likeness (QED) is 0.720. The van der Waals surface area contributed by atoms with Gasteiger partial charge < -0.3 is 14.4 Å². The van der Waals surface area contributed by atoms with Crippen LogP contribution in [0.4, 0.5) is 0 Å². The number of aromatic nitrogens is 3. The molecule has 0 saturated carbocycles. The van der Waals surface area contributed by atoms with Crippen LogP contribution < -0.4 is 9.47 Å². The lowest BCUT2D eigenvalue weighted by molar-refractivity contribution is 0.0768. The van der Waals surface area contributed by atoms with Crippen molar-refractivity contribution >= 4 is 16.8 Å². The third-order valence-electron chi connectivity index (χ3n) is 4.51. The molecule has 26 heavy (non-hydrogen) atoms. The molecule has 0 radical (unpaired) electrons. The van der Waals surface area contributed by atoms with Crippen LogP contribution in [0.2, 0.25) is 0 Å². The summed E-state index contributed by atoms with van der Waals surface area (Å²) in [6, 6.07) is 11.8. The fraction of sp³-hybridized carbons (Fsp3) is 0.316. The molecule has 0 aliphatic carbocycles. The van der Waals surface area contributed by atoms with Gasteiger partial charge in [-0.2, -0.15) is 0 Å². The zero-order valence-corrected chi connectivity index (χ0v) is 14.8. The Kier molecular flexibility index (Phi) is 4.20. The van der Waals surface area contributed by atoms with E-state index in [0.717, 1.165) is 17.3 Å². The van der Waals surface area contributed by atoms with Gasteiger partial charge in [0.25, 0.3) is 5.91 Å². The van der Waals surface area contributed by atoms with Gasteiger partial charge in [0.15, 0.2) is 0 Å². The van der Waals surface area contributed by atoms with E-state index in [1.807, 2.05) is 36.4 Å². The second kappa shape index (κ2) is 6.67. The Morgan fingerprint density at radius 1 is 1.23 bits per heavy atom. The average molecular weight is 352 g/mol. The summed E-state index contributed by atoms with van der Waals surface area (Å²) in [4.78, 5) is 19.0. The third-order valence-corrected chi connectivity index (χ3v) is 4.51. The Bertz CT molecular complexity index is 953. The average Bonchev–Trinajstić information content (AvgIpc) is 3.27. The summed E-state index contributed by atoms with van der Waals surface area (Å²) >= 11 is 0. The molecule has 1 aliphatic heterocycles. The Hall–Kier alpha value is -3.09. The largest absolute Gasteiger partial charge is 0.479 e. The lowest BCUT2D eigenvalue weighted by atomic mass is 10.2. The molecule has 1 amide bonds. The van der Waals surface area contributed by atoms with E-state index in [9.17, 15) is 4.79 Å². The van der Waals surface area contributed by atoms with Crippen molar-refractivity contribution < 1.29 is 14.3 Å². The van der Waals surface area contributed by atoms with Crippen LogP contribution in [0.3, 0.4) is 0 Å². The molecule has 1 atom stereocenters. The molecule has 2 aromatic heterocycles. The number of rotatable bonds is 4. The maximum absolute atomic E-state index is 12.7. The van der Waals surface area contributed by atoms with E-state index in [-0.39, 0.29) is 12.0 Å². The summed E-state index contributed by atoms with van der Waals surface area (Å²) in [5.41, 5.74) is 1.37. The Balaban J connectivity index is 1.45. The van der Waals surface area contributed by atoms with Gasteiger partial charge in [-0.25, -0.2) is 4.98 Å². The molecule has 7 nitrogen and oxygen atoms in total. The summed E-state index contributed by atoms with van der Waals surface area (Å²) in [5, 5.41) is 5.22. The fourth-order valence-corrected chi connectivity index (χ4v) is 3.23. The molecule has 0 N–H and O–H groups in total. The lowest BCUT2D eigenvalue weighted by Crippen LogP contribution is -2.31.